The fourth-order valence-electron chi connectivity index (χ4n) is 1.08. The van der Waals surface area contributed by atoms with Crippen LogP contribution in [0.1, 0.15) is 0 Å². The topological polar surface area (TPSA) is 45.4 Å². The molecular weight excluding hydrogens is 142 g/mol. The minimum absolute atomic E-state index is 0.0249. The van der Waals surface area contributed by atoms with Crippen LogP contribution in [0.3, 0.4) is 0 Å². The van der Waals surface area contributed by atoms with Crippen molar-refractivity contribution in [3.05, 3.63) is 30.5 Å². The molecule has 1 aromatic heterocycles. The molecule has 0 fully saturated rings. The van der Waals surface area contributed by atoms with Crippen LogP contribution in [0.2, 0.25) is 0 Å². The van der Waals surface area contributed by atoms with Gasteiger partial charge < -0.3 is 10.3 Å². The van der Waals surface area contributed by atoms with Crippen LogP contribution < -0.4 is 0 Å². The second kappa shape index (κ2) is 1.92. The van der Waals surface area contributed by atoms with Crippen molar-refractivity contribution in [2.45, 2.75) is 0 Å². The molecule has 55 valence electrons. The first kappa shape index (κ1) is 6.09. The van der Waals surface area contributed by atoms with Gasteiger partial charge in [0.1, 0.15) is 0 Å². The number of aromatic nitrogens is 1. The third-order valence-electron chi connectivity index (χ3n) is 1.60. The summed E-state index contributed by atoms with van der Waals surface area (Å²) >= 11 is 0. The highest BCUT2D eigenvalue weighted by molar-refractivity contribution is 5.85. The van der Waals surface area contributed by atoms with Crippen molar-refractivity contribution < 1.29 is 10.3 Å². The zero-order chi connectivity index (χ0) is 7.84. The fraction of sp³-hybridized carbons (Fsp3) is 0. The highest BCUT2D eigenvalue weighted by Gasteiger charge is 2.04. The molecule has 1 radical (unpaired) electrons. The fourth-order valence-corrected chi connectivity index (χ4v) is 1.08. The highest BCUT2D eigenvalue weighted by atomic mass is 16.5. The Labute approximate surface area is 63.1 Å². The number of fused-ring (bicyclic) bond motifs is 1. The summed E-state index contributed by atoms with van der Waals surface area (Å²) in [7, 11) is 0. The Hall–Kier alpha value is -1.64. The van der Waals surface area contributed by atoms with Crippen LogP contribution in [0.5, 0.6) is 5.75 Å². The minimum atomic E-state index is -0.0249. The molecule has 0 spiro atoms. The first-order valence-corrected chi connectivity index (χ1v) is 3.20. The molecule has 0 atom stereocenters. The Kier molecular flexibility index (Phi) is 1.06. The van der Waals surface area contributed by atoms with E-state index in [4.69, 9.17) is 10.3 Å². The van der Waals surface area contributed by atoms with Crippen LogP contribution in [0, 0.1) is 6.20 Å². The zero-order valence-electron chi connectivity index (χ0n) is 5.65. The summed E-state index contributed by atoms with van der Waals surface area (Å²) in [4.78, 5) is 0. The summed E-state index contributed by atoms with van der Waals surface area (Å²) in [6.07, 6.45) is 2.34. The maximum Gasteiger partial charge on any atom is 0.154 e. The average molecular weight is 148 g/mol. The summed E-state index contributed by atoms with van der Waals surface area (Å²) in [6, 6.07) is 6.98. The highest BCUT2D eigenvalue weighted by Crippen LogP contribution is 2.24. The van der Waals surface area contributed by atoms with E-state index < -0.39 is 0 Å². The molecule has 1 aromatic carbocycles. The minimum Gasteiger partial charge on any atom is -0.505 e. The van der Waals surface area contributed by atoms with Crippen LogP contribution in [0.4, 0.5) is 0 Å². The quantitative estimate of drug-likeness (QED) is 0.554. The van der Waals surface area contributed by atoms with E-state index in [9.17, 15) is 0 Å². The normalized spacial score (nSPS) is 10.5. The number of aromatic hydroxyl groups is 1. The lowest BCUT2D eigenvalue weighted by Gasteiger charge is -1.90. The summed E-state index contributed by atoms with van der Waals surface area (Å²) in [6.45, 7) is 0. The van der Waals surface area contributed by atoms with E-state index >= 15 is 0 Å². The van der Waals surface area contributed by atoms with E-state index in [0.29, 0.717) is 10.9 Å². The van der Waals surface area contributed by atoms with Crippen molar-refractivity contribution in [3.8, 4) is 5.75 Å². The Morgan fingerprint density at radius 3 is 2.73 bits per heavy atom. The van der Waals surface area contributed by atoms with Gasteiger partial charge in [-0.15, -0.1) is 0 Å². The van der Waals surface area contributed by atoms with E-state index in [2.05, 4.69) is 6.20 Å². The molecular formula is C8H6NO2. The maximum atomic E-state index is 9.16. The van der Waals surface area contributed by atoms with Gasteiger partial charge >= 0.3 is 0 Å². The van der Waals surface area contributed by atoms with Gasteiger partial charge in [-0.25, -0.2) is 0 Å². The van der Waals surface area contributed by atoms with Gasteiger partial charge in [0.2, 0.25) is 0 Å². The SMILES string of the molecule is Oc1[c]n(O)c2ccccc12. The standard InChI is InChI=1S/C8H6NO2/c10-8-5-9(11)7-4-2-1-3-6(7)8/h1-4,10-11H. The molecule has 11 heavy (non-hydrogen) atoms. The number of nitrogens with zero attached hydrogens (tertiary/aromatic N) is 1. The first-order valence-electron chi connectivity index (χ1n) is 3.20. The van der Waals surface area contributed by atoms with Crippen molar-refractivity contribution >= 4 is 10.9 Å². The van der Waals surface area contributed by atoms with Gasteiger partial charge in [0.05, 0.1) is 5.52 Å². The Balaban J connectivity index is 2.95. The Morgan fingerprint density at radius 2 is 2.00 bits per heavy atom. The van der Waals surface area contributed by atoms with Gasteiger partial charge in [0, 0.05) is 5.39 Å². The molecule has 0 saturated heterocycles. The van der Waals surface area contributed by atoms with Crippen molar-refractivity contribution in [3.63, 3.8) is 0 Å². The Morgan fingerprint density at radius 1 is 1.27 bits per heavy atom. The van der Waals surface area contributed by atoms with E-state index in [0.717, 1.165) is 4.73 Å². The van der Waals surface area contributed by atoms with Gasteiger partial charge in [-0.1, -0.05) is 12.1 Å². The molecule has 0 unspecified atom stereocenters. The van der Waals surface area contributed by atoms with Crippen molar-refractivity contribution in [2.75, 3.05) is 0 Å². The maximum absolute atomic E-state index is 9.16. The lowest BCUT2D eigenvalue weighted by molar-refractivity contribution is 0.196. The molecule has 2 aromatic rings. The molecule has 2 rings (SSSR count). The van der Waals surface area contributed by atoms with Crippen molar-refractivity contribution in [1.82, 2.24) is 4.73 Å². The first-order chi connectivity index (χ1) is 5.29. The number of hydrogen-bond donors (Lipinski definition) is 2. The molecule has 0 aliphatic carbocycles. The average Bonchev–Trinajstić information content (AvgIpc) is 2.30. The molecule has 0 amide bonds. The predicted molar refractivity (Wildman–Crippen MR) is 39.6 cm³/mol. The Bertz CT molecular complexity index is 356. The van der Waals surface area contributed by atoms with E-state index in [1.807, 2.05) is 0 Å². The van der Waals surface area contributed by atoms with Gasteiger partial charge in [0.25, 0.3) is 0 Å². The molecule has 0 bridgehead atoms. The molecule has 0 aliphatic heterocycles. The third kappa shape index (κ3) is 0.741. The van der Waals surface area contributed by atoms with Crippen LogP contribution in [-0.4, -0.2) is 15.0 Å². The van der Waals surface area contributed by atoms with Crippen LogP contribution >= 0.6 is 0 Å². The molecule has 1 heterocycles. The number of benzene rings is 1. The molecule has 2 N–H and O–H groups in total. The summed E-state index contributed by atoms with van der Waals surface area (Å²) in [5.74, 6) is -0.0249. The monoisotopic (exact) mass is 148 g/mol. The third-order valence-corrected chi connectivity index (χ3v) is 1.60. The van der Waals surface area contributed by atoms with Crippen molar-refractivity contribution in [2.24, 2.45) is 0 Å². The van der Waals surface area contributed by atoms with Crippen LogP contribution in [-0.2, 0) is 0 Å². The van der Waals surface area contributed by atoms with Crippen LogP contribution in [0.25, 0.3) is 10.9 Å². The molecule has 3 nitrogen and oxygen atoms in total. The summed E-state index contributed by atoms with van der Waals surface area (Å²) < 4.78 is 0.782. The molecule has 0 saturated carbocycles. The number of hydrogen-bond acceptors (Lipinski definition) is 2. The second-order valence-corrected chi connectivity index (χ2v) is 2.29. The largest absolute Gasteiger partial charge is 0.505 e. The summed E-state index contributed by atoms with van der Waals surface area (Å²) in [5, 5.41) is 18.9. The summed E-state index contributed by atoms with van der Waals surface area (Å²) in [5.41, 5.74) is 0.560. The molecule has 3 heteroatoms. The lowest BCUT2D eigenvalue weighted by Crippen LogP contribution is -1.84. The molecule has 0 aliphatic rings. The van der Waals surface area contributed by atoms with Gasteiger partial charge in [-0.05, 0) is 12.1 Å². The smallest absolute Gasteiger partial charge is 0.154 e. The number of rotatable bonds is 0. The lowest BCUT2D eigenvalue weighted by atomic mass is 10.2. The van der Waals surface area contributed by atoms with Crippen LogP contribution in [0.15, 0.2) is 24.3 Å². The van der Waals surface area contributed by atoms with E-state index in [1.165, 1.54) is 0 Å². The van der Waals surface area contributed by atoms with Gasteiger partial charge in [-0.2, -0.15) is 4.73 Å². The van der Waals surface area contributed by atoms with Gasteiger partial charge in [0.15, 0.2) is 11.9 Å². The number of para-hydroxylation sites is 1. The predicted octanol–water partition coefficient (Wildman–Crippen LogP) is 1.38. The van der Waals surface area contributed by atoms with E-state index in [-0.39, 0.29) is 5.75 Å². The van der Waals surface area contributed by atoms with Gasteiger partial charge in [-0.3, -0.25) is 0 Å². The zero-order valence-corrected chi connectivity index (χ0v) is 5.65. The second-order valence-electron chi connectivity index (χ2n) is 2.29. The van der Waals surface area contributed by atoms with E-state index in [1.54, 1.807) is 24.3 Å². The van der Waals surface area contributed by atoms with Crippen molar-refractivity contribution in [1.29, 1.82) is 0 Å².